The quantitative estimate of drug-likeness (QED) is 0.343. The highest BCUT2D eigenvalue weighted by Gasteiger charge is 2.16. The second-order valence-electron chi connectivity index (χ2n) is 6.38. The number of aromatic hydroxyl groups is 1. The SMILES string of the molecule is CCCCCn1c(O)c(N=NC(=O)COc2ccc(Br)cc2)c2ccccc21. The fraction of sp³-hybridized carbons (Fsp3) is 0.286. The van der Waals surface area contributed by atoms with Crippen molar-refractivity contribution in [1.82, 2.24) is 4.57 Å². The molecule has 0 atom stereocenters. The maximum atomic E-state index is 12.0. The van der Waals surface area contributed by atoms with E-state index in [4.69, 9.17) is 4.74 Å². The molecule has 0 unspecified atom stereocenters. The van der Waals surface area contributed by atoms with E-state index >= 15 is 0 Å². The van der Waals surface area contributed by atoms with Gasteiger partial charge in [-0.3, -0.25) is 4.79 Å². The molecule has 6 nitrogen and oxygen atoms in total. The average molecular weight is 444 g/mol. The molecule has 1 aromatic heterocycles. The van der Waals surface area contributed by atoms with Crippen LogP contribution in [0.25, 0.3) is 10.9 Å². The Morgan fingerprint density at radius 3 is 2.64 bits per heavy atom. The molecule has 0 radical (unpaired) electrons. The van der Waals surface area contributed by atoms with Gasteiger partial charge in [-0.15, -0.1) is 10.2 Å². The largest absolute Gasteiger partial charge is 0.493 e. The van der Waals surface area contributed by atoms with E-state index in [2.05, 4.69) is 33.1 Å². The summed E-state index contributed by atoms with van der Waals surface area (Å²) in [5.74, 6) is 0.0786. The topological polar surface area (TPSA) is 76.2 Å². The molecule has 0 saturated heterocycles. The molecule has 0 aliphatic rings. The van der Waals surface area contributed by atoms with Crippen LogP contribution in [0.3, 0.4) is 0 Å². The molecule has 1 heterocycles. The molecule has 0 aliphatic heterocycles. The van der Waals surface area contributed by atoms with Crippen LogP contribution in [-0.2, 0) is 11.3 Å². The highest BCUT2D eigenvalue weighted by atomic mass is 79.9. The third-order valence-corrected chi connectivity index (χ3v) is 4.87. The third-order valence-electron chi connectivity index (χ3n) is 4.34. The molecule has 0 bridgehead atoms. The molecular formula is C21H22BrN3O3. The van der Waals surface area contributed by atoms with E-state index in [1.54, 1.807) is 12.1 Å². The van der Waals surface area contributed by atoms with E-state index < -0.39 is 5.91 Å². The molecule has 3 rings (SSSR count). The summed E-state index contributed by atoms with van der Waals surface area (Å²) in [4.78, 5) is 12.0. The minimum atomic E-state index is -0.523. The molecular weight excluding hydrogens is 422 g/mol. The molecule has 2 aromatic carbocycles. The second kappa shape index (κ2) is 9.50. The summed E-state index contributed by atoms with van der Waals surface area (Å²) in [7, 11) is 0. The van der Waals surface area contributed by atoms with Gasteiger partial charge in [0.1, 0.15) is 5.75 Å². The second-order valence-corrected chi connectivity index (χ2v) is 7.30. The molecule has 1 amide bonds. The van der Waals surface area contributed by atoms with Crippen LogP contribution in [0.1, 0.15) is 26.2 Å². The molecule has 0 saturated carbocycles. The predicted molar refractivity (Wildman–Crippen MR) is 112 cm³/mol. The first-order chi connectivity index (χ1) is 13.6. The molecule has 7 heteroatoms. The number of carbonyl (C=O) groups excluding carboxylic acids is 1. The number of para-hydroxylation sites is 1. The molecule has 3 aromatic rings. The zero-order valence-corrected chi connectivity index (χ0v) is 17.2. The van der Waals surface area contributed by atoms with Gasteiger partial charge in [0.05, 0.1) is 5.52 Å². The molecule has 0 spiro atoms. The number of amides is 1. The van der Waals surface area contributed by atoms with Crippen LogP contribution in [0.2, 0.25) is 0 Å². The Hall–Kier alpha value is -2.67. The smallest absolute Gasteiger partial charge is 0.302 e. The van der Waals surface area contributed by atoms with E-state index in [1.165, 1.54) is 0 Å². The van der Waals surface area contributed by atoms with Gasteiger partial charge in [0.2, 0.25) is 5.88 Å². The van der Waals surface area contributed by atoms with Gasteiger partial charge >= 0.3 is 5.91 Å². The summed E-state index contributed by atoms with van der Waals surface area (Å²) in [6.07, 6.45) is 3.13. The lowest BCUT2D eigenvalue weighted by molar-refractivity contribution is -0.120. The van der Waals surface area contributed by atoms with Crippen LogP contribution in [0.15, 0.2) is 63.2 Å². The van der Waals surface area contributed by atoms with Crippen molar-refractivity contribution in [2.24, 2.45) is 10.2 Å². The zero-order valence-electron chi connectivity index (χ0n) is 15.6. The van der Waals surface area contributed by atoms with Crippen molar-refractivity contribution >= 4 is 38.4 Å². The van der Waals surface area contributed by atoms with E-state index in [9.17, 15) is 9.90 Å². The number of halogens is 1. The van der Waals surface area contributed by atoms with E-state index in [-0.39, 0.29) is 12.5 Å². The Bertz CT molecular complexity index is 980. The Balaban J connectivity index is 1.74. The number of nitrogens with zero attached hydrogens (tertiary/aromatic N) is 3. The number of ether oxygens (including phenoxy) is 1. The first kappa shape index (κ1) is 20.1. The summed E-state index contributed by atoms with van der Waals surface area (Å²) in [6, 6.07) is 14.7. The maximum absolute atomic E-state index is 12.0. The van der Waals surface area contributed by atoms with Crippen LogP contribution in [0, 0.1) is 0 Å². The van der Waals surface area contributed by atoms with Gasteiger partial charge in [0, 0.05) is 16.4 Å². The van der Waals surface area contributed by atoms with Gasteiger partial charge in [-0.05, 0) is 36.8 Å². The van der Waals surface area contributed by atoms with E-state index in [1.807, 2.05) is 41.0 Å². The number of hydrogen-bond acceptors (Lipinski definition) is 4. The van der Waals surface area contributed by atoms with Crippen LogP contribution in [-0.4, -0.2) is 22.2 Å². The number of carbonyl (C=O) groups is 1. The number of unbranched alkanes of at least 4 members (excludes halogenated alkanes) is 2. The van der Waals surface area contributed by atoms with Gasteiger partial charge in [-0.2, -0.15) is 0 Å². The van der Waals surface area contributed by atoms with Crippen molar-refractivity contribution in [2.75, 3.05) is 6.61 Å². The van der Waals surface area contributed by atoms with E-state index in [0.29, 0.717) is 18.0 Å². The van der Waals surface area contributed by atoms with E-state index in [0.717, 1.165) is 34.6 Å². The van der Waals surface area contributed by atoms with Gasteiger partial charge in [-0.25, -0.2) is 0 Å². The molecule has 1 N–H and O–H groups in total. The Kier molecular flexibility index (Phi) is 6.81. The lowest BCUT2D eigenvalue weighted by atomic mass is 10.2. The molecule has 0 fully saturated rings. The molecule has 28 heavy (non-hydrogen) atoms. The summed E-state index contributed by atoms with van der Waals surface area (Å²) in [5.41, 5.74) is 1.19. The monoisotopic (exact) mass is 443 g/mol. The van der Waals surface area contributed by atoms with Crippen molar-refractivity contribution in [3.63, 3.8) is 0 Å². The van der Waals surface area contributed by atoms with Crippen LogP contribution in [0.4, 0.5) is 5.69 Å². The van der Waals surface area contributed by atoms with Crippen molar-refractivity contribution < 1.29 is 14.6 Å². The zero-order chi connectivity index (χ0) is 19.9. The first-order valence-corrected chi connectivity index (χ1v) is 10.0. The fourth-order valence-electron chi connectivity index (χ4n) is 2.93. The minimum Gasteiger partial charge on any atom is -0.493 e. The maximum Gasteiger partial charge on any atom is 0.302 e. The van der Waals surface area contributed by atoms with Crippen LogP contribution in [0.5, 0.6) is 11.6 Å². The summed E-state index contributed by atoms with van der Waals surface area (Å²) in [6.45, 7) is 2.60. The number of hydrogen-bond donors (Lipinski definition) is 1. The van der Waals surface area contributed by atoms with Gasteiger partial charge in [0.25, 0.3) is 0 Å². The highest BCUT2D eigenvalue weighted by molar-refractivity contribution is 9.10. The summed E-state index contributed by atoms with van der Waals surface area (Å²) >= 11 is 3.34. The van der Waals surface area contributed by atoms with Crippen LogP contribution >= 0.6 is 15.9 Å². The number of fused-ring (bicyclic) bond motifs is 1. The van der Waals surface area contributed by atoms with Crippen LogP contribution < -0.4 is 4.74 Å². The first-order valence-electron chi connectivity index (χ1n) is 9.23. The van der Waals surface area contributed by atoms with Gasteiger partial charge < -0.3 is 14.4 Å². The third kappa shape index (κ3) is 4.78. The number of rotatable bonds is 8. The van der Waals surface area contributed by atoms with Crippen molar-refractivity contribution in [1.29, 1.82) is 0 Å². The Morgan fingerprint density at radius 1 is 1.14 bits per heavy atom. The number of azo groups is 1. The summed E-state index contributed by atoms with van der Waals surface area (Å²) < 4.78 is 8.16. The van der Waals surface area contributed by atoms with Crippen molar-refractivity contribution in [2.45, 2.75) is 32.7 Å². The van der Waals surface area contributed by atoms with Gasteiger partial charge in [0.15, 0.2) is 12.3 Å². The summed E-state index contributed by atoms with van der Waals surface area (Å²) in [5, 5.41) is 19.1. The lowest BCUT2D eigenvalue weighted by Gasteiger charge is -2.05. The minimum absolute atomic E-state index is 0.0303. The Morgan fingerprint density at radius 2 is 1.89 bits per heavy atom. The number of aryl methyl sites for hydroxylation is 1. The number of benzene rings is 2. The normalized spacial score (nSPS) is 11.4. The highest BCUT2D eigenvalue weighted by Crippen LogP contribution is 2.39. The molecule has 146 valence electrons. The molecule has 0 aliphatic carbocycles. The Labute approximate surface area is 172 Å². The fourth-order valence-corrected chi connectivity index (χ4v) is 3.19. The number of aromatic nitrogens is 1. The van der Waals surface area contributed by atoms with Crippen molar-refractivity contribution in [3.05, 3.63) is 53.0 Å². The standard InChI is InChI=1S/C21H22BrN3O3/c1-2-3-6-13-25-18-8-5-4-7-17(18)20(21(25)27)24-23-19(26)14-28-16-11-9-15(22)10-12-16/h4-5,7-12,27H,2-3,6,13-14H2,1H3. The average Bonchev–Trinajstić information content (AvgIpc) is 2.97. The lowest BCUT2D eigenvalue weighted by Crippen LogP contribution is -2.07. The van der Waals surface area contributed by atoms with Gasteiger partial charge in [-0.1, -0.05) is 53.9 Å². The predicted octanol–water partition coefficient (Wildman–Crippen LogP) is 5.99. The van der Waals surface area contributed by atoms with Crippen molar-refractivity contribution in [3.8, 4) is 11.6 Å².